The molecular formula is C19H25F3N2O3. The lowest BCUT2D eigenvalue weighted by molar-refractivity contribution is -0.218. The van der Waals surface area contributed by atoms with Gasteiger partial charge in [-0.3, -0.25) is 9.69 Å². The summed E-state index contributed by atoms with van der Waals surface area (Å²) in [6.45, 7) is 3.44. The molecule has 1 saturated heterocycles. The van der Waals surface area contributed by atoms with Crippen LogP contribution >= 0.6 is 0 Å². The Hall–Kier alpha value is -2.09. The lowest BCUT2D eigenvalue weighted by atomic mass is 9.84. The summed E-state index contributed by atoms with van der Waals surface area (Å²) in [5, 5.41) is 11.4. The van der Waals surface area contributed by atoms with Gasteiger partial charge in [-0.2, -0.15) is 13.2 Å². The highest BCUT2D eigenvalue weighted by Gasteiger charge is 2.63. The SMILES string of the molecule is CC(C)C[C@@H](NC(=O)[C@@]1(C(F)(F)F)CCN(Cc2ccccc2)C1)C(=O)O. The Bertz CT molecular complexity index is 664. The summed E-state index contributed by atoms with van der Waals surface area (Å²) in [6, 6.07) is 7.73. The average molecular weight is 386 g/mol. The molecule has 8 heteroatoms. The number of aliphatic carboxylic acids is 1. The van der Waals surface area contributed by atoms with Crippen molar-refractivity contribution in [2.45, 2.75) is 45.5 Å². The van der Waals surface area contributed by atoms with Crippen LogP contribution in [0.1, 0.15) is 32.3 Å². The van der Waals surface area contributed by atoms with Crippen LogP contribution in [-0.2, 0) is 16.1 Å². The Labute approximate surface area is 156 Å². The first-order valence-corrected chi connectivity index (χ1v) is 8.92. The van der Waals surface area contributed by atoms with Crippen molar-refractivity contribution in [2.24, 2.45) is 11.3 Å². The summed E-state index contributed by atoms with van der Waals surface area (Å²) >= 11 is 0. The number of halogens is 3. The van der Waals surface area contributed by atoms with Crippen molar-refractivity contribution >= 4 is 11.9 Å². The second-order valence-electron chi connectivity index (χ2n) is 7.52. The van der Waals surface area contributed by atoms with Gasteiger partial charge in [0.2, 0.25) is 5.91 Å². The Morgan fingerprint density at radius 2 is 1.89 bits per heavy atom. The minimum absolute atomic E-state index is 0.0722. The maximum atomic E-state index is 13.9. The third-order valence-corrected chi connectivity index (χ3v) is 4.89. The van der Waals surface area contributed by atoms with E-state index in [1.165, 1.54) is 0 Å². The fourth-order valence-electron chi connectivity index (χ4n) is 3.40. The van der Waals surface area contributed by atoms with Gasteiger partial charge in [0.15, 0.2) is 5.41 Å². The predicted octanol–water partition coefficient (Wildman–Crippen LogP) is 3.06. The van der Waals surface area contributed by atoms with Crippen molar-refractivity contribution in [2.75, 3.05) is 13.1 Å². The van der Waals surface area contributed by atoms with Gasteiger partial charge in [0.1, 0.15) is 6.04 Å². The van der Waals surface area contributed by atoms with Gasteiger partial charge in [-0.1, -0.05) is 44.2 Å². The van der Waals surface area contributed by atoms with E-state index in [9.17, 15) is 27.9 Å². The third-order valence-electron chi connectivity index (χ3n) is 4.89. The smallest absolute Gasteiger partial charge is 0.404 e. The normalized spacial score (nSPS) is 22.0. The number of benzene rings is 1. The lowest BCUT2D eigenvalue weighted by Crippen LogP contribution is -2.56. The molecule has 1 fully saturated rings. The van der Waals surface area contributed by atoms with Crippen molar-refractivity contribution in [3.63, 3.8) is 0 Å². The van der Waals surface area contributed by atoms with E-state index in [4.69, 9.17) is 0 Å². The quantitative estimate of drug-likeness (QED) is 0.756. The molecule has 1 aliphatic heterocycles. The molecule has 0 bridgehead atoms. The van der Waals surface area contributed by atoms with E-state index >= 15 is 0 Å². The number of carbonyl (C=O) groups excluding carboxylic acids is 1. The number of amides is 1. The molecule has 1 amide bonds. The number of alkyl halides is 3. The predicted molar refractivity (Wildman–Crippen MR) is 93.8 cm³/mol. The van der Waals surface area contributed by atoms with E-state index in [0.717, 1.165) is 5.56 Å². The van der Waals surface area contributed by atoms with Crippen molar-refractivity contribution in [3.8, 4) is 0 Å². The zero-order valence-electron chi connectivity index (χ0n) is 15.4. The van der Waals surface area contributed by atoms with E-state index in [-0.39, 0.29) is 25.3 Å². The Morgan fingerprint density at radius 1 is 1.26 bits per heavy atom. The Balaban J connectivity index is 2.17. The van der Waals surface area contributed by atoms with E-state index in [2.05, 4.69) is 5.32 Å². The third kappa shape index (κ3) is 5.00. The molecule has 5 nitrogen and oxygen atoms in total. The largest absolute Gasteiger partial charge is 0.480 e. The number of rotatable bonds is 7. The summed E-state index contributed by atoms with van der Waals surface area (Å²) in [7, 11) is 0. The lowest BCUT2D eigenvalue weighted by Gasteiger charge is -2.32. The number of nitrogens with zero attached hydrogens (tertiary/aromatic N) is 1. The summed E-state index contributed by atoms with van der Waals surface area (Å²) in [5.41, 5.74) is -1.73. The number of carboxylic acid groups (broad SMARTS) is 1. The Kier molecular flexibility index (Phi) is 6.51. The molecule has 0 saturated carbocycles. The van der Waals surface area contributed by atoms with Gasteiger partial charge in [0.05, 0.1) is 0 Å². The van der Waals surface area contributed by atoms with Crippen LogP contribution in [0.25, 0.3) is 0 Å². The first-order chi connectivity index (χ1) is 12.5. The highest BCUT2D eigenvalue weighted by Crippen LogP contribution is 2.46. The number of hydrogen-bond acceptors (Lipinski definition) is 3. The fourth-order valence-corrected chi connectivity index (χ4v) is 3.40. The summed E-state index contributed by atoms with van der Waals surface area (Å²) in [5.74, 6) is -2.65. The number of nitrogens with one attached hydrogen (secondary N) is 1. The van der Waals surface area contributed by atoms with Crippen LogP contribution in [0.2, 0.25) is 0 Å². The molecule has 0 spiro atoms. The average Bonchev–Trinajstić information content (AvgIpc) is 2.99. The molecule has 27 heavy (non-hydrogen) atoms. The molecule has 1 aromatic carbocycles. The zero-order chi connectivity index (χ0) is 20.2. The van der Waals surface area contributed by atoms with E-state index in [1.54, 1.807) is 30.9 Å². The first kappa shape index (κ1) is 21.2. The van der Waals surface area contributed by atoms with Gasteiger partial charge in [-0.15, -0.1) is 0 Å². The number of carbonyl (C=O) groups is 2. The van der Waals surface area contributed by atoms with Crippen molar-refractivity contribution in [1.29, 1.82) is 0 Å². The van der Waals surface area contributed by atoms with Gasteiger partial charge in [0, 0.05) is 13.1 Å². The number of likely N-dealkylation sites (tertiary alicyclic amines) is 1. The number of carboxylic acids is 1. The van der Waals surface area contributed by atoms with Gasteiger partial charge in [-0.05, 0) is 30.9 Å². The standard InChI is InChI=1S/C19H25F3N2O3/c1-13(2)10-15(16(25)26)23-17(27)18(19(20,21)22)8-9-24(12-18)11-14-6-4-3-5-7-14/h3-7,13,15H,8-12H2,1-2H3,(H,23,27)(H,25,26)/t15-,18-/m1/s1. The maximum absolute atomic E-state index is 13.9. The van der Waals surface area contributed by atoms with Crippen molar-refractivity contribution < 1.29 is 27.9 Å². The minimum atomic E-state index is -4.76. The molecule has 0 aromatic heterocycles. The van der Waals surface area contributed by atoms with E-state index in [0.29, 0.717) is 6.54 Å². The van der Waals surface area contributed by atoms with E-state index < -0.39 is 36.1 Å². The van der Waals surface area contributed by atoms with Crippen LogP contribution in [0.3, 0.4) is 0 Å². The maximum Gasteiger partial charge on any atom is 0.404 e. The van der Waals surface area contributed by atoms with Gasteiger partial charge in [0.25, 0.3) is 0 Å². The molecule has 1 heterocycles. The van der Waals surface area contributed by atoms with Gasteiger partial charge < -0.3 is 10.4 Å². The topological polar surface area (TPSA) is 69.6 Å². The molecule has 0 unspecified atom stereocenters. The van der Waals surface area contributed by atoms with E-state index in [1.807, 2.05) is 18.2 Å². The summed E-state index contributed by atoms with van der Waals surface area (Å²) < 4.78 is 41.6. The van der Waals surface area contributed by atoms with Crippen LogP contribution in [0.5, 0.6) is 0 Å². The molecule has 0 radical (unpaired) electrons. The fraction of sp³-hybridized carbons (Fsp3) is 0.579. The van der Waals surface area contributed by atoms with Crippen molar-refractivity contribution in [3.05, 3.63) is 35.9 Å². The van der Waals surface area contributed by atoms with Crippen LogP contribution in [0.4, 0.5) is 13.2 Å². The molecule has 2 N–H and O–H groups in total. The highest BCUT2D eigenvalue weighted by atomic mass is 19.4. The minimum Gasteiger partial charge on any atom is -0.480 e. The van der Waals surface area contributed by atoms with Gasteiger partial charge in [-0.25, -0.2) is 4.79 Å². The summed E-state index contributed by atoms with van der Waals surface area (Å²) in [6.07, 6.45) is -5.07. The summed E-state index contributed by atoms with van der Waals surface area (Å²) in [4.78, 5) is 25.5. The van der Waals surface area contributed by atoms with Crippen LogP contribution < -0.4 is 5.32 Å². The monoisotopic (exact) mass is 386 g/mol. The second-order valence-corrected chi connectivity index (χ2v) is 7.52. The van der Waals surface area contributed by atoms with Gasteiger partial charge >= 0.3 is 12.1 Å². The molecule has 150 valence electrons. The zero-order valence-corrected chi connectivity index (χ0v) is 15.4. The molecule has 2 atom stereocenters. The van der Waals surface area contributed by atoms with Crippen LogP contribution in [0.15, 0.2) is 30.3 Å². The van der Waals surface area contributed by atoms with Crippen LogP contribution in [-0.4, -0.2) is 47.2 Å². The highest BCUT2D eigenvalue weighted by molar-refractivity contribution is 5.88. The second kappa shape index (κ2) is 8.29. The molecule has 0 aliphatic carbocycles. The number of hydrogen-bond donors (Lipinski definition) is 2. The van der Waals surface area contributed by atoms with Crippen molar-refractivity contribution in [1.82, 2.24) is 10.2 Å². The first-order valence-electron chi connectivity index (χ1n) is 8.92. The molecule has 1 aromatic rings. The Morgan fingerprint density at radius 3 is 2.41 bits per heavy atom. The molecule has 1 aliphatic rings. The van der Waals surface area contributed by atoms with Crippen LogP contribution in [0, 0.1) is 11.3 Å². The molecular weight excluding hydrogens is 361 g/mol. The molecule has 2 rings (SSSR count).